The molecule has 0 N–H and O–H groups in total. The van der Waals surface area contributed by atoms with Crippen molar-refractivity contribution >= 4 is 27.4 Å². The summed E-state index contributed by atoms with van der Waals surface area (Å²) in [5, 5.41) is 0. The van der Waals surface area contributed by atoms with Crippen LogP contribution in [0, 0.1) is 72.0 Å². The van der Waals surface area contributed by atoms with Crippen LogP contribution in [0.1, 0.15) is 11.1 Å². The molecule has 3 aromatic carbocycles. The molecule has 33 heavy (non-hydrogen) atoms. The number of methoxy groups -OCH3 is 1. The number of rotatable bonds is 4. The topological polar surface area (TPSA) is 9.23 Å². The fraction of sp³-hybridized carbons (Fsp3) is 0.143. The summed E-state index contributed by atoms with van der Waals surface area (Å²) in [5.74, 6) is -20.3. The van der Waals surface area contributed by atoms with Gasteiger partial charge < -0.3 is 4.74 Å². The molecule has 0 unspecified atom stereocenters. The van der Waals surface area contributed by atoms with Gasteiger partial charge in [0.05, 0.1) is 7.11 Å². The summed E-state index contributed by atoms with van der Waals surface area (Å²) in [7, 11) is 0.667. The summed E-state index contributed by atoms with van der Waals surface area (Å²) in [6.45, 7) is 1.59. The molecule has 12 heteroatoms. The number of ether oxygens (including phenoxy) is 1. The molecule has 0 saturated heterocycles. The predicted octanol–water partition coefficient (Wildman–Crippen LogP) is 4.22. The molecule has 3 aromatic rings. The van der Waals surface area contributed by atoms with E-state index in [0.717, 1.165) is 13.8 Å². The SMILES string of the molecule is COc1c(F)c(F)[c]([Al]([c]2c(F)cc(F)c(C)c2F)[c]2c(F)cc(F)c(C)c2F)c(F)c1F. The van der Waals surface area contributed by atoms with Gasteiger partial charge in [0, 0.05) is 23.3 Å². The van der Waals surface area contributed by atoms with Crippen LogP contribution in [0.15, 0.2) is 12.1 Å². The first-order chi connectivity index (χ1) is 15.3. The molecule has 0 aliphatic rings. The van der Waals surface area contributed by atoms with Crippen molar-refractivity contribution in [1.82, 2.24) is 0 Å². The monoisotopic (exact) mass is 496 g/mol. The van der Waals surface area contributed by atoms with Crippen molar-refractivity contribution in [3.8, 4) is 5.75 Å². The molecule has 0 aromatic heterocycles. The van der Waals surface area contributed by atoms with Gasteiger partial charge in [0.25, 0.3) is 0 Å². The van der Waals surface area contributed by atoms with Gasteiger partial charge in [0.15, 0.2) is 17.4 Å². The van der Waals surface area contributed by atoms with Crippen molar-refractivity contribution in [3.05, 3.63) is 81.4 Å². The molecular weight excluding hydrogens is 485 g/mol. The van der Waals surface area contributed by atoms with Gasteiger partial charge in [-0.05, 0) is 27.1 Å². The van der Waals surface area contributed by atoms with Gasteiger partial charge in [0.2, 0.25) is 11.6 Å². The largest absolute Gasteiger partial charge is 0.491 e. The van der Waals surface area contributed by atoms with E-state index < -0.39 is 102 Å². The Bertz CT molecular complexity index is 1200. The summed E-state index contributed by atoms with van der Waals surface area (Å²) in [5.41, 5.74) is -1.78. The Hall–Kier alpha value is -2.71. The first kappa shape index (κ1) is 24.9. The molecular formula is C21H11AlF10O. The average Bonchev–Trinajstić information content (AvgIpc) is 2.75. The Morgan fingerprint density at radius 1 is 0.515 bits per heavy atom. The Kier molecular flexibility index (Phi) is 6.73. The molecule has 0 fully saturated rings. The lowest BCUT2D eigenvalue weighted by atomic mass is 10.2. The van der Waals surface area contributed by atoms with Crippen molar-refractivity contribution in [2.75, 3.05) is 7.11 Å². The van der Waals surface area contributed by atoms with Crippen molar-refractivity contribution in [1.29, 1.82) is 0 Å². The maximum Gasteiger partial charge on any atom is 0.412 e. The standard InChI is InChI=1S/C7H3F4O.2C7H4F3.Al/c1-12-7-5(10)3(8)2-4(9)6(7)11;2*1-4-6(9)2-5(8)3-7(4)10;/h1H3;2*2H,1H3;. The van der Waals surface area contributed by atoms with Crippen LogP contribution in [0.25, 0.3) is 0 Å². The molecule has 3 rings (SSSR count). The first-order valence-electron chi connectivity index (χ1n) is 9.02. The highest BCUT2D eigenvalue weighted by molar-refractivity contribution is 6.95. The minimum atomic E-state index is -4.85. The van der Waals surface area contributed by atoms with E-state index in [1.165, 1.54) is 0 Å². The van der Waals surface area contributed by atoms with Crippen LogP contribution in [0.2, 0.25) is 0 Å². The quantitative estimate of drug-likeness (QED) is 0.299. The molecule has 0 heterocycles. The number of halogens is 10. The lowest BCUT2D eigenvalue weighted by molar-refractivity contribution is 0.335. The molecule has 0 aliphatic heterocycles. The summed E-state index contributed by atoms with van der Waals surface area (Å²) in [6.07, 6.45) is 0. The number of hydrogen-bond donors (Lipinski definition) is 0. The number of hydrogen-bond acceptors (Lipinski definition) is 1. The van der Waals surface area contributed by atoms with Gasteiger partial charge in [-0.25, -0.2) is 35.1 Å². The zero-order chi connectivity index (χ0) is 24.9. The van der Waals surface area contributed by atoms with E-state index in [4.69, 9.17) is 0 Å². The van der Waals surface area contributed by atoms with Crippen LogP contribution in [0.4, 0.5) is 43.9 Å². The Morgan fingerprint density at radius 2 is 0.879 bits per heavy atom. The van der Waals surface area contributed by atoms with Crippen LogP contribution >= 0.6 is 0 Å². The van der Waals surface area contributed by atoms with E-state index in [1.54, 1.807) is 0 Å². The fourth-order valence-electron chi connectivity index (χ4n) is 3.44. The van der Waals surface area contributed by atoms with Crippen molar-refractivity contribution in [3.63, 3.8) is 0 Å². The molecule has 0 radical (unpaired) electrons. The average molecular weight is 496 g/mol. The van der Waals surface area contributed by atoms with E-state index in [1.807, 2.05) is 0 Å². The Morgan fingerprint density at radius 3 is 1.21 bits per heavy atom. The second-order valence-corrected chi connectivity index (χ2v) is 9.62. The maximum absolute atomic E-state index is 15.0. The summed E-state index contributed by atoms with van der Waals surface area (Å²) in [6, 6.07) is 0.179. The van der Waals surface area contributed by atoms with Crippen molar-refractivity contribution < 1.29 is 48.6 Å². The van der Waals surface area contributed by atoms with Crippen LogP contribution in [0.5, 0.6) is 5.75 Å². The van der Waals surface area contributed by atoms with Crippen LogP contribution in [0.3, 0.4) is 0 Å². The highest BCUT2D eigenvalue weighted by Crippen LogP contribution is 2.26. The summed E-state index contributed by atoms with van der Waals surface area (Å²) in [4.78, 5) is 0. The van der Waals surface area contributed by atoms with E-state index >= 15 is 0 Å². The lowest BCUT2D eigenvalue weighted by Gasteiger charge is -2.21. The lowest BCUT2D eigenvalue weighted by Crippen LogP contribution is -2.60. The van der Waals surface area contributed by atoms with Gasteiger partial charge >= 0.3 is 14.1 Å². The van der Waals surface area contributed by atoms with Crippen LogP contribution < -0.4 is 18.0 Å². The smallest absolute Gasteiger partial charge is 0.412 e. The molecule has 174 valence electrons. The molecule has 1 nitrogen and oxygen atoms in total. The molecule has 0 atom stereocenters. The third-order valence-corrected chi connectivity index (χ3v) is 8.49. The van der Waals surface area contributed by atoms with Crippen molar-refractivity contribution in [2.45, 2.75) is 13.8 Å². The highest BCUT2D eigenvalue weighted by atomic mass is 27.2. The van der Waals surface area contributed by atoms with Gasteiger partial charge in [-0.15, -0.1) is 0 Å². The molecule has 0 spiro atoms. The zero-order valence-electron chi connectivity index (χ0n) is 16.9. The molecule has 0 saturated carbocycles. The molecule has 0 aliphatic carbocycles. The highest BCUT2D eigenvalue weighted by Gasteiger charge is 2.44. The minimum Gasteiger partial charge on any atom is -0.491 e. The van der Waals surface area contributed by atoms with E-state index in [-0.39, 0.29) is 12.1 Å². The Labute approximate surface area is 184 Å². The third-order valence-electron chi connectivity index (χ3n) is 5.20. The van der Waals surface area contributed by atoms with Gasteiger partial charge in [0.1, 0.15) is 34.9 Å². The van der Waals surface area contributed by atoms with Crippen LogP contribution in [-0.2, 0) is 0 Å². The summed E-state index contributed by atoms with van der Waals surface area (Å²) >= 11 is -4.85. The number of benzene rings is 3. The molecule has 0 bridgehead atoms. The fourth-order valence-corrected chi connectivity index (χ4v) is 6.73. The maximum atomic E-state index is 15.0. The Balaban J connectivity index is 2.60. The second-order valence-electron chi connectivity index (χ2n) is 7.02. The van der Waals surface area contributed by atoms with Crippen LogP contribution in [-0.4, -0.2) is 21.3 Å². The molecule has 0 amide bonds. The first-order valence-corrected chi connectivity index (χ1v) is 10.8. The second kappa shape index (κ2) is 8.91. The van der Waals surface area contributed by atoms with Crippen molar-refractivity contribution in [2.24, 2.45) is 0 Å². The van der Waals surface area contributed by atoms with Gasteiger partial charge in [-0.3, -0.25) is 0 Å². The third kappa shape index (κ3) is 3.85. The zero-order valence-corrected chi connectivity index (χ0v) is 18.1. The summed E-state index contributed by atoms with van der Waals surface area (Å²) < 4.78 is 145. The van der Waals surface area contributed by atoms with Gasteiger partial charge in [-0.1, -0.05) is 0 Å². The van der Waals surface area contributed by atoms with E-state index in [9.17, 15) is 43.9 Å². The minimum absolute atomic E-state index is 0.0893. The predicted molar refractivity (Wildman–Crippen MR) is 99.6 cm³/mol. The normalized spacial score (nSPS) is 11.2. The van der Waals surface area contributed by atoms with Gasteiger partial charge in [-0.2, -0.15) is 8.78 Å². The van der Waals surface area contributed by atoms with E-state index in [2.05, 4.69) is 4.74 Å². The van der Waals surface area contributed by atoms with E-state index in [0.29, 0.717) is 7.11 Å².